The Labute approximate surface area is 105 Å². The van der Waals surface area contributed by atoms with Gasteiger partial charge in [0.1, 0.15) is 5.82 Å². The monoisotopic (exact) mass is 246 g/mol. The van der Waals surface area contributed by atoms with Crippen LogP contribution >= 0.6 is 11.8 Å². The van der Waals surface area contributed by atoms with Crippen molar-refractivity contribution in [1.82, 2.24) is 15.0 Å². The van der Waals surface area contributed by atoms with E-state index in [4.69, 9.17) is 0 Å². The van der Waals surface area contributed by atoms with Gasteiger partial charge in [-0.15, -0.1) is 0 Å². The third-order valence-electron chi connectivity index (χ3n) is 2.32. The van der Waals surface area contributed by atoms with Crippen molar-refractivity contribution in [3.8, 4) is 0 Å². The second-order valence-corrected chi connectivity index (χ2v) is 4.35. The van der Waals surface area contributed by atoms with Crippen molar-refractivity contribution in [2.45, 2.75) is 11.7 Å². The molecule has 0 aromatic carbocycles. The van der Waals surface area contributed by atoms with Crippen LogP contribution in [0.2, 0.25) is 0 Å². The predicted molar refractivity (Wildman–Crippen MR) is 70.2 cm³/mol. The summed E-state index contributed by atoms with van der Waals surface area (Å²) >= 11 is 1.54. The molecule has 0 amide bonds. The summed E-state index contributed by atoms with van der Waals surface area (Å²) in [7, 11) is 2.00. The molecule has 2 heterocycles. The molecule has 0 fully saturated rings. The maximum absolute atomic E-state index is 4.44. The first-order valence-corrected chi connectivity index (χ1v) is 6.50. The first-order valence-electron chi connectivity index (χ1n) is 5.27. The number of anilines is 1. The molecule has 0 saturated carbocycles. The number of nitrogens with zero attached hydrogens (tertiary/aromatic N) is 4. The molecule has 4 nitrogen and oxygen atoms in total. The normalized spacial score (nSPS) is 10.2. The largest absolute Gasteiger partial charge is 0.354 e. The number of aromatic nitrogens is 3. The molecule has 2 rings (SSSR count). The maximum Gasteiger partial charge on any atom is 0.189 e. The van der Waals surface area contributed by atoms with Gasteiger partial charge in [-0.2, -0.15) is 0 Å². The van der Waals surface area contributed by atoms with Gasteiger partial charge in [-0.1, -0.05) is 17.8 Å². The van der Waals surface area contributed by atoms with Crippen molar-refractivity contribution in [3.63, 3.8) is 0 Å². The summed E-state index contributed by atoms with van der Waals surface area (Å²) in [5.74, 6) is 0.912. The smallest absolute Gasteiger partial charge is 0.189 e. The van der Waals surface area contributed by atoms with Gasteiger partial charge in [0.05, 0.1) is 12.2 Å². The fourth-order valence-electron chi connectivity index (χ4n) is 1.46. The lowest BCUT2D eigenvalue weighted by Crippen LogP contribution is -2.18. The second-order valence-electron chi connectivity index (χ2n) is 3.58. The highest BCUT2D eigenvalue weighted by atomic mass is 32.2. The Balaban J connectivity index is 2.11. The molecule has 0 atom stereocenters. The van der Waals surface area contributed by atoms with E-state index in [1.807, 2.05) is 37.6 Å². The second kappa shape index (κ2) is 5.63. The van der Waals surface area contributed by atoms with Crippen molar-refractivity contribution < 1.29 is 0 Å². The zero-order valence-electron chi connectivity index (χ0n) is 9.87. The Kier molecular flexibility index (Phi) is 3.93. The topological polar surface area (TPSA) is 41.9 Å². The van der Waals surface area contributed by atoms with Crippen molar-refractivity contribution >= 4 is 17.6 Å². The number of hydrogen-bond donors (Lipinski definition) is 0. The highest BCUT2D eigenvalue weighted by molar-refractivity contribution is 7.98. The summed E-state index contributed by atoms with van der Waals surface area (Å²) in [6.07, 6.45) is 5.55. The van der Waals surface area contributed by atoms with Crippen molar-refractivity contribution in [3.05, 3.63) is 42.4 Å². The molecule has 17 heavy (non-hydrogen) atoms. The van der Waals surface area contributed by atoms with Gasteiger partial charge in [0.2, 0.25) is 0 Å². The predicted octanol–water partition coefficient (Wildman–Crippen LogP) is 2.23. The molecular formula is C12H14N4S. The van der Waals surface area contributed by atoms with E-state index in [2.05, 4.69) is 19.9 Å². The zero-order chi connectivity index (χ0) is 12.1. The van der Waals surface area contributed by atoms with E-state index < -0.39 is 0 Å². The minimum absolute atomic E-state index is 0.742. The highest BCUT2D eigenvalue weighted by Gasteiger charge is 2.05. The van der Waals surface area contributed by atoms with Crippen molar-refractivity contribution in [1.29, 1.82) is 0 Å². The number of rotatable bonds is 4. The third kappa shape index (κ3) is 3.17. The van der Waals surface area contributed by atoms with Crippen LogP contribution in [0.15, 0.2) is 41.8 Å². The van der Waals surface area contributed by atoms with Gasteiger partial charge in [0.25, 0.3) is 0 Å². The molecule has 0 saturated heterocycles. The quantitative estimate of drug-likeness (QED) is 0.611. The maximum atomic E-state index is 4.44. The van der Waals surface area contributed by atoms with Crippen LogP contribution in [0.25, 0.3) is 0 Å². The molecule has 0 radical (unpaired) electrons. The lowest BCUT2D eigenvalue weighted by Gasteiger charge is -2.17. The van der Waals surface area contributed by atoms with Crippen LogP contribution in [0.1, 0.15) is 5.69 Å². The van der Waals surface area contributed by atoms with E-state index >= 15 is 0 Å². The standard InChI is InChI=1S/C12H14N4S/c1-16(9-10-5-3-4-7-13-10)11-6-8-14-12(15-11)17-2/h3-8H,9H2,1-2H3. The molecule has 0 N–H and O–H groups in total. The molecule has 0 unspecified atom stereocenters. The molecular weight excluding hydrogens is 232 g/mol. The summed E-state index contributed by atoms with van der Waals surface area (Å²) in [4.78, 5) is 14.9. The van der Waals surface area contributed by atoms with Crippen LogP contribution in [-0.2, 0) is 6.54 Å². The minimum atomic E-state index is 0.742. The molecule has 0 spiro atoms. The first-order chi connectivity index (χ1) is 8.29. The van der Waals surface area contributed by atoms with E-state index in [9.17, 15) is 0 Å². The van der Waals surface area contributed by atoms with Gasteiger partial charge >= 0.3 is 0 Å². The fraction of sp³-hybridized carbons (Fsp3) is 0.250. The SMILES string of the molecule is CSc1nccc(N(C)Cc2ccccn2)n1. The Morgan fingerprint density at radius 3 is 2.76 bits per heavy atom. The first kappa shape index (κ1) is 11.9. The number of hydrogen-bond acceptors (Lipinski definition) is 5. The van der Waals surface area contributed by atoms with E-state index in [0.717, 1.165) is 23.2 Å². The minimum Gasteiger partial charge on any atom is -0.354 e. The molecule has 0 aliphatic carbocycles. The lowest BCUT2D eigenvalue weighted by atomic mass is 10.3. The lowest BCUT2D eigenvalue weighted by molar-refractivity contribution is 0.836. The van der Waals surface area contributed by atoms with E-state index in [0.29, 0.717) is 0 Å². The summed E-state index contributed by atoms with van der Waals surface area (Å²) < 4.78 is 0. The van der Waals surface area contributed by atoms with Crippen LogP contribution < -0.4 is 4.90 Å². The zero-order valence-corrected chi connectivity index (χ0v) is 10.7. The molecule has 2 aromatic heterocycles. The van der Waals surface area contributed by atoms with Gasteiger partial charge in [0, 0.05) is 19.4 Å². The number of thioether (sulfide) groups is 1. The average Bonchev–Trinajstić information content (AvgIpc) is 2.40. The summed E-state index contributed by atoms with van der Waals surface area (Å²) in [6, 6.07) is 7.82. The van der Waals surface area contributed by atoms with Gasteiger partial charge < -0.3 is 4.90 Å². The van der Waals surface area contributed by atoms with Crippen LogP contribution in [0.4, 0.5) is 5.82 Å². The summed E-state index contributed by atoms with van der Waals surface area (Å²) in [5, 5.41) is 0.787. The summed E-state index contributed by atoms with van der Waals surface area (Å²) in [6.45, 7) is 0.742. The molecule has 2 aromatic rings. The molecule has 88 valence electrons. The van der Waals surface area contributed by atoms with E-state index in [1.54, 1.807) is 24.2 Å². The van der Waals surface area contributed by atoms with Gasteiger partial charge in [-0.25, -0.2) is 9.97 Å². The molecule has 0 bridgehead atoms. The molecule has 5 heteroatoms. The van der Waals surface area contributed by atoms with Crippen LogP contribution in [0.5, 0.6) is 0 Å². The van der Waals surface area contributed by atoms with Gasteiger partial charge in [-0.05, 0) is 24.5 Å². The van der Waals surface area contributed by atoms with E-state index in [-0.39, 0.29) is 0 Å². The molecule has 0 aliphatic heterocycles. The Hall–Kier alpha value is -1.62. The van der Waals surface area contributed by atoms with Crippen molar-refractivity contribution in [2.24, 2.45) is 0 Å². The summed E-state index contributed by atoms with van der Waals surface area (Å²) in [5.41, 5.74) is 1.03. The average molecular weight is 246 g/mol. The Morgan fingerprint density at radius 1 is 1.18 bits per heavy atom. The number of pyridine rings is 1. The van der Waals surface area contributed by atoms with E-state index in [1.165, 1.54) is 0 Å². The Bertz CT molecular complexity index is 475. The van der Waals surface area contributed by atoms with Crippen LogP contribution in [-0.4, -0.2) is 28.3 Å². The fourth-order valence-corrected chi connectivity index (χ4v) is 1.81. The highest BCUT2D eigenvalue weighted by Crippen LogP contribution is 2.15. The van der Waals surface area contributed by atoms with Crippen LogP contribution in [0, 0.1) is 0 Å². The van der Waals surface area contributed by atoms with Crippen molar-refractivity contribution in [2.75, 3.05) is 18.2 Å². The Morgan fingerprint density at radius 2 is 2.06 bits per heavy atom. The van der Waals surface area contributed by atoms with Crippen LogP contribution in [0.3, 0.4) is 0 Å². The van der Waals surface area contributed by atoms with Gasteiger partial charge in [0.15, 0.2) is 5.16 Å². The third-order valence-corrected chi connectivity index (χ3v) is 2.88. The molecule has 0 aliphatic rings. The van der Waals surface area contributed by atoms with Gasteiger partial charge in [-0.3, -0.25) is 4.98 Å².